The van der Waals surface area contributed by atoms with Gasteiger partial charge in [-0.25, -0.2) is 0 Å². The maximum Gasteiger partial charge on any atom is 0.181 e. The van der Waals surface area contributed by atoms with E-state index in [4.69, 9.17) is 8.94 Å². The number of hydrogen-bond acceptors (Lipinski definition) is 6. The van der Waals surface area contributed by atoms with E-state index < -0.39 is 0 Å². The molecule has 0 radical (unpaired) electrons. The fourth-order valence-corrected chi connectivity index (χ4v) is 4.12. The average Bonchev–Trinajstić information content (AvgIpc) is 3.37. The van der Waals surface area contributed by atoms with Crippen LogP contribution < -0.4 is 0 Å². The summed E-state index contributed by atoms with van der Waals surface area (Å²) in [5.74, 6) is 1.82. The lowest BCUT2D eigenvalue weighted by Crippen LogP contribution is -2.21. The van der Waals surface area contributed by atoms with E-state index in [1.807, 2.05) is 29.8 Å². The smallest absolute Gasteiger partial charge is 0.181 e. The molecule has 0 amide bonds. The first-order chi connectivity index (χ1) is 11.9. The lowest BCUT2D eigenvalue weighted by Gasteiger charge is -2.20. The van der Waals surface area contributed by atoms with Gasteiger partial charge in [-0.2, -0.15) is 0 Å². The molecule has 0 spiro atoms. The maximum atomic E-state index is 5.53. The van der Waals surface area contributed by atoms with E-state index in [9.17, 15) is 0 Å². The Bertz CT molecular complexity index is 813. The number of nitrogens with zero attached hydrogens (tertiary/aromatic N) is 2. The summed E-state index contributed by atoms with van der Waals surface area (Å²) in [7, 11) is 0. The molecule has 0 aliphatic carbocycles. The van der Waals surface area contributed by atoms with Crippen molar-refractivity contribution in [2.45, 2.75) is 19.6 Å². The molecular formula is C18H16N2O2S2. The molecule has 4 aromatic rings. The number of thiophene rings is 2. The number of aromatic nitrogens is 1. The number of hydrogen-bond donors (Lipinski definition) is 0. The van der Waals surface area contributed by atoms with E-state index in [0.29, 0.717) is 0 Å². The molecule has 0 saturated carbocycles. The first kappa shape index (κ1) is 15.4. The Morgan fingerprint density at radius 3 is 2.62 bits per heavy atom. The van der Waals surface area contributed by atoms with Crippen LogP contribution in [0.2, 0.25) is 0 Å². The van der Waals surface area contributed by atoms with Crippen LogP contribution in [0.1, 0.15) is 16.2 Å². The second-order valence-corrected chi connectivity index (χ2v) is 7.44. The molecule has 0 atom stereocenters. The van der Waals surface area contributed by atoms with Crippen LogP contribution in [-0.4, -0.2) is 10.1 Å². The Balaban J connectivity index is 1.56. The van der Waals surface area contributed by atoms with Crippen LogP contribution in [0.4, 0.5) is 0 Å². The second kappa shape index (κ2) is 7.17. The largest absolute Gasteiger partial charge is 0.468 e. The molecule has 0 N–H and O–H groups in total. The summed E-state index contributed by atoms with van der Waals surface area (Å²) in [5.41, 5.74) is 1.10. The van der Waals surface area contributed by atoms with Gasteiger partial charge in [0.15, 0.2) is 5.76 Å². The molecule has 4 rings (SSSR count). The van der Waals surface area contributed by atoms with Gasteiger partial charge < -0.3 is 8.94 Å². The zero-order valence-corrected chi connectivity index (χ0v) is 14.6. The fraction of sp³-hybridized carbons (Fsp3) is 0.167. The summed E-state index contributed by atoms with van der Waals surface area (Å²) in [6, 6.07) is 12.3. The first-order valence-corrected chi connectivity index (χ1v) is 9.39. The van der Waals surface area contributed by atoms with Gasteiger partial charge in [-0.15, -0.1) is 22.7 Å². The van der Waals surface area contributed by atoms with Crippen LogP contribution in [0, 0.1) is 0 Å². The third-order valence-electron chi connectivity index (χ3n) is 3.70. The molecule has 0 fully saturated rings. The van der Waals surface area contributed by atoms with Crippen LogP contribution in [0.25, 0.3) is 10.6 Å². The molecule has 0 unspecified atom stereocenters. The standard InChI is InChI=1S/C18H16N2O2S2/c1-4-15(21-7-1)12-20(13-16-5-2-8-23-16)11-14-10-19-22-18(14)17-6-3-9-24-17/h1-10H,11-13H2. The van der Waals surface area contributed by atoms with Crippen molar-refractivity contribution in [2.75, 3.05) is 0 Å². The predicted molar refractivity (Wildman–Crippen MR) is 95.8 cm³/mol. The number of furan rings is 1. The van der Waals surface area contributed by atoms with Gasteiger partial charge in [-0.1, -0.05) is 17.3 Å². The summed E-state index contributed by atoms with van der Waals surface area (Å²) < 4.78 is 11.0. The Morgan fingerprint density at radius 2 is 1.88 bits per heavy atom. The molecule has 0 aliphatic rings. The Hall–Kier alpha value is -2.15. The third-order valence-corrected chi connectivity index (χ3v) is 5.43. The van der Waals surface area contributed by atoms with E-state index in [-0.39, 0.29) is 0 Å². The van der Waals surface area contributed by atoms with Gasteiger partial charge in [0.2, 0.25) is 0 Å². The summed E-state index contributed by atoms with van der Waals surface area (Å²) in [4.78, 5) is 4.78. The molecule has 4 heterocycles. The van der Waals surface area contributed by atoms with Gasteiger partial charge >= 0.3 is 0 Å². The quantitative estimate of drug-likeness (QED) is 0.453. The molecule has 0 bridgehead atoms. The van der Waals surface area contributed by atoms with Crippen LogP contribution in [-0.2, 0) is 19.6 Å². The normalized spacial score (nSPS) is 11.4. The van der Waals surface area contributed by atoms with Crippen molar-refractivity contribution < 1.29 is 8.94 Å². The topological polar surface area (TPSA) is 42.4 Å². The van der Waals surface area contributed by atoms with Crippen molar-refractivity contribution in [3.63, 3.8) is 0 Å². The van der Waals surface area contributed by atoms with Crippen molar-refractivity contribution in [1.82, 2.24) is 10.1 Å². The highest BCUT2D eigenvalue weighted by Gasteiger charge is 2.17. The van der Waals surface area contributed by atoms with Gasteiger partial charge in [-0.05, 0) is 35.0 Å². The zero-order valence-electron chi connectivity index (χ0n) is 12.9. The average molecular weight is 356 g/mol. The molecule has 24 heavy (non-hydrogen) atoms. The van der Waals surface area contributed by atoms with Crippen LogP contribution in [0.15, 0.2) is 68.6 Å². The molecule has 0 saturated heterocycles. The molecule has 122 valence electrons. The highest BCUT2D eigenvalue weighted by Crippen LogP contribution is 2.29. The first-order valence-electron chi connectivity index (χ1n) is 7.63. The minimum Gasteiger partial charge on any atom is -0.468 e. The zero-order chi connectivity index (χ0) is 16.2. The second-order valence-electron chi connectivity index (χ2n) is 5.46. The van der Waals surface area contributed by atoms with Gasteiger partial charge in [0.1, 0.15) is 5.76 Å². The number of rotatable bonds is 7. The maximum absolute atomic E-state index is 5.53. The minimum absolute atomic E-state index is 0.750. The molecular weight excluding hydrogens is 340 g/mol. The van der Waals surface area contributed by atoms with Crippen molar-refractivity contribution >= 4 is 22.7 Å². The summed E-state index contributed by atoms with van der Waals surface area (Å²) in [6.45, 7) is 2.38. The Labute approximate surface area is 147 Å². The molecule has 0 aromatic carbocycles. The summed E-state index contributed by atoms with van der Waals surface area (Å²) >= 11 is 3.43. The van der Waals surface area contributed by atoms with Crippen LogP contribution in [0.3, 0.4) is 0 Å². The van der Waals surface area contributed by atoms with Crippen molar-refractivity contribution in [2.24, 2.45) is 0 Å². The van der Waals surface area contributed by atoms with E-state index in [0.717, 1.165) is 41.6 Å². The minimum atomic E-state index is 0.750. The van der Waals surface area contributed by atoms with Crippen molar-refractivity contribution in [3.05, 3.63) is 75.8 Å². The van der Waals surface area contributed by atoms with Gasteiger partial charge in [0.25, 0.3) is 0 Å². The third kappa shape index (κ3) is 3.51. The van der Waals surface area contributed by atoms with Crippen LogP contribution >= 0.6 is 22.7 Å². The van der Waals surface area contributed by atoms with Crippen molar-refractivity contribution in [1.29, 1.82) is 0 Å². The monoisotopic (exact) mass is 356 g/mol. The van der Waals surface area contributed by atoms with E-state index in [1.54, 1.807) is 28.9 Å². The highest BCUT2D eigenvalue weighted by atomic mass is 32.1. The fourth-order valence-electron chi connectivity index (χ4n) is 2.64. The Kier molecular flexibility index (Phi) is 4.60. The van der Waals surface area contributed by atoms with Gasteiger partial charge in [-0.3, -0.25) is 4.90 Å². The SMILES string of the molecule is c1coc(CN(Cc2cccs2)Cc2cnoc2-c2cccs2)c1. The van der Waals surface area contributed by atoms with Gasteiger partial charge in [0.05, 0.1) is 23.9 Å². The van der Waals surface area contributed by atoms with Gasteiger partial charge in [0, 0.05) is 23.5 Å². The van der Waals surface area contributed by atoms with E-state index in [2.05, 4.69) is 33.6 Å². The Morgan fingerprint density at radius 1 is 0.958 bits per heavy atom. The van der Waals surface area contributed by atoms with Crippen molar-refractivity contribution in [3.8, 4) is 10.6 Å². The molecule has 6 heteroatoms. The molecule has 4 aromatic heterocycles. The van der Waals surface area contributed by atoms with E-state index >= 15 is 0 Å². The summed E-state index contributed by atoms with van der Waals surface area (Å²) in [5, 5.41) is 8.17. The lowest BCUT2D eigenvalue weighted by molar-refractivity contribution is 0.228. The van der Waals surface area contributed by atoms with E-state index in [1.165, 1.54) is 4.88 Å². The predicted octanol–water partition coefficient (Wildman–Crippen LogP) is 5.26. The highest BCUT2D eigenvalue weighted by molar-refractivity contribution is 7.13. The summed E-state index contributed by atoms with van der Waals surface area (Å²) in [6.07, 6.45) is 3.54. The molecule has 4 nitrogen and oxygen atoms in total. The van der Waals surface area contributed by atoms with Crippen LogP contribution in [0.5, 0.6) is 0 Å². The lowest BCUT2D eigenvalue weighted by atomic mass is 10.2. The molecule has 0 aliphatic heterocycles.